The molecule has 84 valence electrons. The lowest BCUT2D eigenvalue weighted by atomic mass is 10.1. The maximum atomic E-state index is 11.3. The molecule has 16 heavy (non-hydrogen) atoms. The minimum Gasteiger partial charge on any atom is -0.493 e. The average molecular weight is 219 g/mol. The molecule has 2 aromatic rings. The number of hydrogen-bond acceptors (Lipinski definition) is 3. The van der Waals surface area contributed by atoms with Crippen molar-refractivity contribution < 1.29 is 9.53 Å². The van der Waals surface area contributed by atoms with Crippen molar-refractivity contribution in [1.82, 2.24) is 9.78 Å². The second-order valence-electron chi connectivity index (χ2n) is 3.51. The number of aryl methyl sites for hydroxylation is 1. The molecule has 0 saturated heterocycles. The first kappa shape index (κ1) is 10.5. The Morgan fingerprint density at radius 3 is 2.94 bits per heavy atom. The number of nitrogens with zero attached hydrogens (tertiary/aromatic N) is 2. The van der Waals surface area contributed by atoms with Gasteiger partial charge in [-0.25, -0.2) is 0 Å². The first-order valence-electron chi connectivity index (χ1n) is 5.02. The average Bonchev–Trinajstić information content (AvgIpc) is 2.56. The van der Waals surface area contributed by atoms with E-state index in [1.165, 1.54) is 0 Å². The molecule has 0 atom stereocenters. The summed E-state index contributed by atoms with van der Waals surface area (Å²) in [5, 5.41) is 5.12. The Kier molecular flexibility index (Phi) is 2.52. The van der Waals surface area contributed by atoms with Crippen LogP contribution in [0.4, 0.5) is 0 Å². The van der Waals surface area contributed by atoms with Crippen molar-refractivity contribution in [2.24, 2.45) is 12.8 Å². The van der Waals surface area contributed by atoms with Gasteiger partial charge in [0, 0.05) is 24.7 Å². The molecular formula is C11H13N3O2. The van der Waals surface area contributed by atoms with Crippen LogP contribution in [0.1, 0.15) is 17.3 Å². The first-order valence-corrected chi connectivity index (χ1v) is 5.02. The van der Waals surface area contributed by atoms with Crippen LogP contribution in [0.15, 0.2) is 18.3 Å². The van der Waals surface area contributed by atoms with Crippen LogP contribution in [0.2, 0.25) is 0 Å². The standard InChI is InChI=1S/C11H13N3O2/c1-3-16-10-5-9-7(6-14(2)13-9)4-8(10)11(12)15/h4-6H,3H2,1-2H3,(H2,12,15). The van der Waals surface area contributed by atoms with E-state index in [1.54, 1.807) is 16.8 Å². The van der Waals surface area contributed by atoms with Crippen molar-refractivity contribution in [3.05, 3.63) is 23.9 Å². The van der Waals surface area contributed by atoms with Crippen LogP contribution in [-0.4, -0.2) is 22.3 Å². The number of primary amides is 1. The molecule has 0 fully saturated rings. The SMILES string of the molecule is CCOc1cc2nn(C)cc2cc1C(N)=O. The topological polar surface area (TPSA) is 70.1 Å². The van der Waals surface area contributed by atoms with Gasteiger partial charge in [0.2, 0.25) is 0 Å². The van der Waals surface area contributed by atoms with Crippen LogP contribution in [0.25, 0.3) is 10.9 Å². The third-order valence-electron chi connectivity index (χ3n) is 2.29. The van der Waals surface area contributed by atoms with Gasteiger partial charge in [-0.3, -0.25) is 9.48 Å². The van der Waals surface area contributed by atoms with Gasteiger partial charge >= 0.3 is 0 Å². The predicted octanol–water partition coefficient (Wildman–Crippen LogP) is 1.07. The predicted molar refractivity (Wildman–Crippen MR) is 60.4 cm³/mol. The summed E-state index contributed by atoms with van der Waals surface area (Å²) < 4.78 is 7.05. The zero-order valence-corrected chi connectivity index (χ0v) is 9.23. The van der Waals surface area contributed by atoms with Gasteiger partial charge in [0.05, 0.1) is 17.7 Å². The molecule has 1 amide bonds. The number of benzene rings is 1. The van der Waals surface area contributed by atoms with Gasteiger partial charge in [-0.05, 0) is 13.0 Å². The Morgan fingerprint density at radius 1 is 1.56 bits per heavy atom. The van der Waals surface area contributed by atoms with Crippen molar-refractivity contribution in [1.29, 1.82) is 0 Å². The van der Waals surface area contributed by atoms with Crippen molar-refractivity contribution in [3.8, 4) is 5.75 Å². The second-order valence-corrected chi connectivity index (χ2v) is 3.51. The molecule has 5 heteroatoms. The summed E-state index contributed by atoms with van der Waals surface area (Å²) >= 11 is 0. The minimum absolute atomic E-state index is 0.391. The molecule has 0 unspecified atom stereocenters. The summed E-state index contributed by atoms with van der Waals surface area (Å²) in [6, 6.07) is 3.44. The first-order chi connectivity index (χ1) is 7.61. The van der Waals surface area contributed by atoms with E-state index in [0.29, 0.717) is 17.9 Å². The fourth-order valence-electron chi connectivity index (χ4n) is 1.64. The Hall–Kier alpha value is -2.04. The van der Waals surface area contributed by atoms with Gasteiger partial charge < -0.3 is 10.5 Å². The molecule has 5 nitrogen and oxygen atoms in total. The molecule has 2 N–H and O–H groups in total. The van der Waals surface area contributed by atoms with E-state index >= 15 is 0 Å². The summed E-state index contributed by atoms with van der Waals surface area (Å²) in [5.74, 6) is -0.00426. The van der Waals surface area contributed by atoms with Gasteiger partial charge in [-0.2, -0.15) is 5.10 Å². The zero-order valence-electron chi connectivity index (χ0n) is 9.23. The molecule has 1 aromatic heterocycles. The minimum atomic E-state index is -0.491. The van der Waals surface area contributed by atoms with Gasteiger partial charge in [-0.15, -0.1) is 0 Å². The number of carbonyl (C=O) groups is 1. The van der Waals surface area contributed by atoms with E-state index in [-0.39, 0.29) is 0 Å². The lowest BCUT2D eigenvalue weighted by Gasteiger charge is -2.06. The van der Waals surface area contributed by atoms with Gasteiger partial charge in [0.1, 0.15) is 5.75 Å². The molecule has 0 aliphatic carbocycles. The number of nitrogens with two attached hydrogens (primary N) is 1. The van der Waals surface area contributed by atoms with Crippen LogP contribution in [0.5, 0.6) is 5.75 Å². The van der Waals surface area contributed by atoms with Crippen molar-refractivity contribution in [2.75, 3.05) is 6.61 Å². The van der Waals surface area contributed by atoms with Crippen LogP contribution in [0, 0.1) is 0 Å². The number of fused-ring (bicyclic) bond motifs is 1. The molecule has 0 bridgehead atoms. The third-order valence-corrected chi connectivity index (χ3v) is 2.29. The van der Waals surface area contributed by atoms with Crippen LogP contribution in [-0.2, 0) is 7.05 Å². The van der Waals surface area contributed by atoms with Crippen LogP contribution in [0.3, 0.4) is 0 Å². The number of amides is 1. The molecule has 0 radical (unpaired) electrons. The fraction of sp³-hybridized carbons (Fsp3) is 0.273. The molecular weight excluding hydrogens is 206 g/mol. The Bertz CT molecular complexity index is 545. The van der Waals surface area contributed by atoms with Gasteiger partial charge in [-0.1, -0.05) is 0 Å². The van der Waals surface area contributed by atoms with Crippen LogP contribution >= 0.6 is 0 Å². The molecule has 0 aliphatic heterocycles. The van der Waals surface area contributed by atoms with Crippen LogP contribution < -0.4 is 10.5 Å². The molecule has 2 rings (SSSR count). The maximum absolute atomic E-state index is 11.3. The highest BCUT2D eigenvalue weighted by atomic mass is 16.5. The summed E-state index contributed by atoms with van der Waals surface area (Å²) in [6.07, 6.45) is 1.83. The van der Waals surface area contributed by atoms with E-state index in [9.17, 15) is 4.79 Å². The number of rotatable bonds is 3. The van der Waals surface area contributed by atoms with Crippen molar-refractivity contribution in [2.45, 2.75) is 6.92 Å². The normalized spacial score (nSPS) is 10.6. The smallest absolute Gasteiger partial charge is 0.252 e. The van der Waals surface area contributed by atoms with Gasteiger partial charge in [0.25, 0.3) is 5.91 Å². The van der Waals surface area contributed by atoms with E-state index in [0.717, 1.165) is 10.9 Å². The molecule has 0 aliphatic rings. The number of carbonyl (C=O) groups excluding carboxylic acids is 1. The number of ether oxygens (including phenoxy) is 1. The summed E-state index contributed by atoms with van der Waals surface area (Å²) in [5.41, 5.74) is 6.48. The molecule has 0 spiro atoms. The van der Waals surface area contributed by atoms with E-state index in [2.05, 4.69) is 5.10 Å². The monoisotopic (exact) mass is 219 g/mol. The Morgan fingerprint density at radius 2 is 2.31 bits per heavy atom. The second kappa shape index (κ2) is 3.84. The quantitative estimate of drug-likeness (QED) is 0.839. The lowest BCUT2D eigenvalue weighted by molar-refractivity contribution is 0.0997. The van der Waals surface area contributed by atoms with Gasteiger partial charge in [0.15, 0.2) is 0 Å². The molecule has 1 heterocycles. The Labute approximate surface area is 92.8 Å². The van der Waals surface area contributed by atoms with E-state index in [4.69, 9.17) is 10.5 Å². The maximum Gasteiger partial charge on any atom is 0.252 e. The fourth-order valence-corrected chi connectivity index (χ4v) is 1.64. The van der Waals surface area contributed by atoms with E-state index in [1.807, 2.05) is 20.2 Å². The van der Waals surface area contributed by atoms with Crippen molar-refractivity contribution >= 4 is 16.8 Å². The lowest BCUT2D eigenvalue weighted by Crippen LogP contribution is -2.13. The summed E-state index contributed by atoms with van der Waals surface area (Å²) in [7, 11) is 1.82. The number of aromatic nitrogens is 2. The summed E-state index contributed by atoms with van der Waals surface area (Å²) in [6.45, 7) is 2.34. The zero-order chi connectivity index (χ0) is 11.7. The largest absolute Gasteiger partial charge is 0.493 e. The highest BCUT2D eigenvalue weighted by Gasteiger charge is 2.12. The number of hydrogen-bond donors (Lipinski definition) is 1. The highest BCUT2D eigenvalue weighted by Crippen LogP contribution is 2.24. The van der Waals surface area contributed by atoms with E-state index < -0.39 is 5.91 Å². The molecule has 0 saturated carbocycles. The Balaban J connectivity index is 2.64. The molecule has 1 aromatic carbocycles. The summed E-state index contributed by atoms with van der Waals surface area (Å²) in [4.78, 5) is 11.3. The third kappa shape index (κ3) is 1.71. The van der Waals surface area contributed by atoms with Crippen molar-refractivity contribution in [3.63, 3.8) is 0 Å². The highest BCUT2D eigenvalue weighted by molar-refractivity contribution is 5.99.